The third-order valence-corrected chi connectivity index (χ3v) is 3.90. The maximum absolute atomic E-state index is 5.88. The van der Waals surface area contributed by atoms with E-state index >= 15 is 0 Å². The zero-order valence-electron chi connectivity index (χ0n) is 11.3. The second kappa shape index (κ2) is 6.24. The van der Waals surface area contributed by atoms with Gasteiger partial charge in [0, 0.05) is 5.88 Å². The third-order valence-electron chi connectivity index (χ3n) is 3.59. The molecule has 1 heteroatoms. The predicted octanol–water partition coefficient (Wildman–Crippen LogP) is 5.50. The Kier molecular flexibility index (Phi) is 4.66. The molecule has 0 aromatic heterocycles. The second-order valence-electron chi connectivity index (χ2n) is 4.58. The van der Waals surface area contributed by atoms with E-state index < -0.39 is 0 Å². The van der Waals surface area contributed by atoms with E-state index in [9.17, 15) is 0 Å². The number of alkyl halides is 1. The van der Waals surface area contributed by atoms with Gasteiger partial charge in [0.25, 0.3) is 0 Å². The molecule has 0 atom stereocenters. The van der Waals surface area contributed by atoms with E-state index in [1.54, 1.807) is 5.57 Å². The lowest BCUT2D eigenvalue weighted by Crippen LogP contribution is -2.06. The fraction of sp³-hybridized carbons (Fsp3) is 0.412. The average molecular weight is 261 g/mol. The van der Waals surface area contributed by atoms with Crippen molar-refractivity contribution in [3.63, 3.8) is 0 Å². The lowest BCUT2D eigenvalue weighted by Gasteiger charge is -2.24. The van der Waals surface area contributed by atoms with Gasteiger partial charge in [-0.1, -0.05) is 49.8 Å². The van der Waals surface area contributed by atoms with Crippen LogP contribution >= 0.6 is 11.6 Å². The van der Waals surface area contributed by atoms with Crippen LogP contribution in [0.2, 0.25) is 0 Å². The summed E-state index contributed by atoms with van der Waals surface area (Å²) in [5, 5.41) is 0. The minimum absolute atomic E-state index is 0.620. The zero-order valence-corrected chi connectivity index (χ0v) is 12.1. The van der Waals surface area contributed by atoms with E-state index in [4.69, 9.17) is 11.6 Å². The quantitative estimate of drug-likeness (QED) is 0.585. The Labute approximate surface area is 115 Å². The smallest absolute Gasteiger partial charge is 0.0474 e. The number of allylic oxidation sites excluding steroid dienone is 4. The fourth-order valence-corrected chi connectivity index (χ4v) is 2.90. The van der Waals surface area contributed by atoms with E-state index in [2.05, 4.69) is 30.4 Å². The van der Waals surface area contributed by atoms with Crippen LogP contribution in [-0.4, -0.2) is 0 Å². The molecule has 0 fully saturated rings. The van der Waals surface area contributed by atoms with Gasteiger partial charge in [-0.3, -0.25) is 0 Å². The first-order valence-corrected chi connectivity index (χ1v) is 7.48. The number of aryl methyl sites for hydroxylation is 1. The molecule has 2 aliphatic rings. The summed E-state index contributed by atoms with van der Waals surface area (Å²) in [5.41, 5.74) is 7.28. The van der Waals surface area contributed by atoms with Crippen molar-refractivity contribution < 1.29 is 0 Å². The van der Waals surface area contributed by atoms with Crippen LogP contribution in [0.3, 0.4) is 0 Å². The minimum atomic E-state index is 0.620. The molecule has 1 aromatic rings. The molecule has 0 heterocycles. The molecular weight excluding hydrogens is 240 g/mol. The van der Waals surface area contributed by atoms with Gasteiger partial charge in [-0.2, -0.15) is 0 Å². The van der Waals surface area contributed by atoms with Gasteiger partial charge in [-0.15, -0.1) is 11.6 Å². The Morgan fingerprint density at radius 1 is 1.11 bits per heavy atom. The van der Waals surface area contributed by atoms with Gasteiger partial charge in [-0.25, -0.2) is 0 Å². The Morgan fingerprint density at radius 3 is 2.72 bits per heavy atom. The Bertz CT molecular complexity index is 480. The topological polar surface area (TPSA) is 0 Å². The number of fused-ring (bicyclic) bond motifs is 2. The molecule has 0 N–H and O–H groups in total. The number of halogens is 1. The van der Waals surface area contributed by atoms with E-state index in [0.717, 1.165) is 0 Å². The molecule has 0 saturated heterocycles. The van der Waals surface area contributed by atoms with Crippen molar-refractivity contribution in [2.75, 3.05) is 0 Å². The first kappa shape index (κ1) is 13.4. The van der Waals surface area contributed by atoms with Crippen LogP contribution in [0.15, 0.2) is 35.9 Å². The van der Waals surface area contributed by atoms with Crippen LogP contribution in [0.25, 0.3) is 5.57 Å². The largest absolute Gasteiger partial charge is 0.122 e. The standard InChI is InChI=1S/C15H15Cl.C2H6/c16-10-11-5-8-15-13(9-11)7-6-12-3-1-2-4-14(12)15;1-2/h2,4-5,8-9H,1,3,6-7,10H2;1-2H3. The van der Waals surface area contributed by atoms with Crippen molar-refractivity contribution in [2.45, 2.75) is 45.4 Å². The summed E-state index contributed by atoms with van der Waals surface area (Å²) in [6.45, 7) is 4.00. The third kappa shape index (κ3) is 2.54. The molecule has 0 bridgehead atoms. The highest BCUT2D eigenvalue weighted by molar-refractivity contribution is 6.17. The van der Waals surface area contributed by atoms with Gasteiger partial charge >= 0.3 is 0 Å². The SMILES string of the molecule is CC.ClCc1ccc2c(c1)CCC1=C2C=CCC1. The van der Waals surface area contributed by atoms with Crippen molar-refractivity contribution in [1.82, 2.24) is 0 Å². The molecule has 0 amide bonds. The summed E-state index contributed by atoms with van der Waals surface area (Å²) in [4.78, 5) is 0. The summed E-state index contributed by atoms with van der Waals surface area (Å²) in [6, 6.07) is 6.68. The number of benzene rings is 1. The number of rotatable bonds is 1. The molecule has 0 nitrogen and oxygen atoms in total. The molecule has 0 saturated carbocycles. The summed E-state index contributed by atoms with van der Waals surface area (Å²) in [6.07, 6.45) is 9.49. The fourth-order valence-electron chi connectivity index (χ4n) is 2.74. The Morgan fingerprint density at radius 2 is 1.94 bits per heavy atom. The van der Waals surface area contributed by atoms with Crippen LogP contribution in [0.5, 0.6) is 0 Å². The molecule has 0 radical (unpaired) electrons. The lowest BCUT2D eigenvalue weighted by atomic mass is 9.81. The first-order chi connectivity index (χ1) is 8.88. The van der Waals surface area contributed by atoms with Gasteiger partial charge in [0.2, 0.25) is 0 Å². The second-order valence-corrected chi connectivity index (χ2v) is 4.85. The highest BCUT2D eigenvalue weighted by Gasteiger charge is 2.18. The van der Waals surface area contributed by atoms with E-state index in [1.165, 1.54) is 47.9 Å². The van der Waals surface area contributed by atoms with Gasteiger partial charge in [0.05, 0.1) is 0 Å². The van der Waals surface area contributed by atoms with Crippen molar-refractivity contribution in [3.05, 3.63) is 52.6 Å². The monoisotopic (exact) mass is 260 g/mol. The lowest BCUT2D eigenvalue weighted by molar-refractivity contribution is 0.826. The molecule has 3 rings (SSSR count). The summed E-state index contributed by atoms with van der Waals surface area (Å²) in [7, 11) is 0. The molecule has 18 heavy (non-hydrogen) atoms. The molecule has 0 spiro atoms. The maximum atomic E-state index is 5.88. The highest BCUT2D eigenvalue weighted by atomic mass is 35.5. The molecule has 96 valence electrons. The normalized spacial score (nSPS) is 16.6. The van der Waals surface area contributed by atoms with Crippen LogP contribution < -0.4 is 0 Å². The van der Waals surface area contributed by atoms with Crippen LogP contribution in [0, 0.1) is 0 Å². The molecular formula is C17H21Cl. The van der Waals surface area contributed by atoms with Crippen LogP contribution in [0.1, 0.15) is 49.8 Å². The summed E-state index contributed by atoms with van der Waals surface area (Å²) in [5.74, 6) is 0.620. The van der Waals surface area contributed by atoms with Gasteiger partial charge < -0.3 is 0 Å². The van der Waals surface area contributed by atoms with Crippen molar-refractivity contribution >= 4 is 17.2 Å². The molecule has 1 aromatic carbocycles. The van der Waals surface area contributed by atoms with E-state index in [1.807, 2.05) is 13.8 Å². The van der Waals surface area contributed by atoms with Gasteiger partial charge in [0.1, 0.15) is 0 Å². The summed E-state index contributed by atoms with van der Waals surface area (Å²) < 4.78 is 0. The first-order valence-electron chi connectivity index (χ1n) is 6.95. The van der Waals surface area contributed by atoms with Gasteiger partial charge in [-0.05, 0) is 47.9 Å². The van der Waals surface area contributed by atoms with Crippen molar-refractivity contribution in [1.29, 1.82) is 0 Å². The van der Waals surface area contributed by atoms with E-state index in [0.29, 0.717) is 5.88 Å². The number of hydrogen-bond donors (Lipinski definition) is 0. The van der Waals surface area contributed by atoms with Gasteiger partial charge in [0.15, 0.2) is 0 Å². The predicted molar refractivity (Wildman–Crippen MR) is 81.0 cm³/mol. The van der Waals surface area contributed by atoms with Crippen molar-refractivity contribution in [3.8, 4) is 0 Å². The highest BCUT2D eigenvalue weighted by Crippen LogP contribution is 2.37. The summed E-state index contributed by atoms with van der Waals surface area (Å²) >= 11 is 5.88. The van der Waals surface area contributed by atoms with Crippen LogP contribution in [-0.2, 0) is 12.3 Å². The Hall–Kier alpha value is -1.01. The molecule has 0 aliphatic heterocycles. The maximum Gasteiger partial charge on any atom is 0.0474 e. The molecule has 2 aliphatic carbocycles. The zero-order chi connectivity index (χ0) is 13.0. The average Bonchev–Trinajstić information content (AvgIpc) is 2.48. The Balaban J connectivity index is 0.000000574. The van der Waals surface area contributed by atoms with Crippen LogP contribution in [0.4, 0.5) is 0 Å². The molecule has 0 unspecified atom stereocenters. The number of hydrogen-bond acceptors (Lipinski definition) is 0. The minimum Gasteiger partial charge on any atom is -0.122 e. The van der Waals surface area contributed by atoms with E-state index in [-0.39, 0.29) is 0 Å². The van der Waals surface area contributed by atoms with Crippen molar-refractivity contribution in [2.24, 2.45) is 0 Å².